The van der Waals surface area contributed by atoms with E-state index in [0.29, 0.717) is 27.1 Å². The number of rotatable bonds is 4. The van der Waals surface area contributed by atoms with Gasteiger partial charge in [-0.2, -0.15) is 5.26 Å². The molecule has 0 saturated carbocycles. The third-order valence-corrected chi connectivity index (χ3v) is 4.88. The van der Waals surface area contributed by atoms with E-state index in [1.54, 1.807) is 6.20 Å². The number of hydrogen-bond donors (Lipinski definition) is 1. The molecule has 2 heterocycles. The molecule has 0 atom stereocenters. The fraction of sp³-hybridized carbons (Fsp3) is 0.0526. The summed E-state index contributed by atoms with van der Waals surface area (Å²) in [4.78, 5) is 4.55. The van der Waals surface area contributed by atoms with Gasteiger partial charge in [0.2, 0.25) is 6.79 Å². The van der Waals surface area contributed by atoms with E-state index in [2.05, 4.69) is 16.4 Å². The van der Waals surface area contributed by atoms with Crippen molar-refractivity contribution in [1.82, 2.24) is 4.98 Å². The predicted molar refractivity (Wildman–Crippen MR) is 102 cm³/mol. The van der Waals surface area contributed by atoms with Crippen LogP contribution in [0.2, 0.25) is 5.02 Å². The molecule has 1 N–H and O–H groups in total. The van der Waals surface area contributed by atoms with Crippen LogP contribution in [0, 0.1) is 11.3 Å². The van der Waals surface area contributed by atoms with Gasteiger partial charge in [0.15, 0.2) is 11.5 Å². The Morgan fingerprint density at radius 1 is 1.19 bits per heavy atom. The van der Waals surface area contributed by atoms with Gasteiger partial charge in [0.25, 0.3) is 0 Å². The van der Waals surface area contributed by atoms with Crippen LogP contribution in [-0.2, 0) is 0 Å². The summed E-state index contributed by atoms with van der Waals surface area (Å²) in [6.07, 6.45) is 1.64. The molecule has 26 heavy (non-hydrogen) atoms. The number of fused-ring (bicyclic) bond motifs is 1. The lowest BCUT2D eigenvalue weighted by Crippen LogP contribution is -1.93. The number of nitrogens with zero attached hydrogens (tertiary/aromatic N) is 2. The lowest BCUT2D eigenvalue weighted by atomic mass is 10.2. The van der Waals surface area contributed by atoms with Crippen molar-refractivity contribution in [3.8, 4) is 28.8 Å². The Balaban J connectivity index is 1.55. The number of benzene rings is 2. The highest BCUT2D eigenvalue weighted by atomic mass is 35.5. The molecule has 2 aromatic carbocycles. The summed E-state index contributed by atoms with van der Waals surface area (Å²) in [7, 11) is 0. The summed E-state index contributed by atoms with van der Waals surface area (Å²) in [6, 6.07) is 15.1. The first kappa shape index (κ1) is 16.5. The molecule has 7 heteroatoms. The molecule has 0 aliphatic carbocycles. The minimum atomic E-state index is 0.227. The number of nitrogens with one attached hydrogen (secondary N) is 1. The average molecular weight is 382 g/mol. The van der Waals surface area contributed by atoms with E-state index in [0.717, 1.165) is 16.9 Å². The number of ether oxygens (including phenoxy) is 2. The van der Waals surface area contributed by atoms with Gasteiger partial charge in [-0.05, 0) is 24.3 Å². The molecular formula is C19H12ClN3O2S. The van der Waals surface area contributed by atoms with Gasteiger partial charge in [-0.25, -0.2) is 4.98 Å². The largest absolute Gasteiger partial charge is 0.454 e. The van der Waals surface area contributed by atoms with E-state index in [1.165, 1.54) is 11.3 Å². The third kappa shape index (κ3) is 3.36. The third-order valence-electron chi connectivity index (χ3n) is 3.75. The van der Waals surface area contributed by atoms with Crippen molar-refractivity contribution in [3.63, 3.8) is 0 Å². The molecule has 4 rings (SSSR count). The van der Waals surface area contributed by atoms with Crippen molar-refractivity contribution in [2.75, 3.05) is 12.1 Å². The zero-order valence-electron chi connectivity index (χ0n) is 13.4. The molecule has 0 radical (unpaired) electrons. The van der Waals surface area contributed by atoms with Crippen molar-refractivity contribution in [2.24, 2.45) is 0 Å². The monoisotopic (exact) mass is 381 g/mol. The van der Waals surface area contributed by atoms with Crippen LogP contribution >= 0.6 is 22.9 Å². The normalized spacial score (nSPS) is 12.7. The SMILES string of the molecule is N#CC(=CNc1ccc2c(c1)OCO2)c1nc(-c2ccc(Cl)cc2)cs1. The molecule has 3 aromatic rings. The quantitative estimate of drug-likeness (QED) is 0.631. The first-order valence-electron chi connectivity index (χ1n) is 7.71. The van der Waals surface area contributed by atoms with Gasteiger partial charge in [-0.1, -0.05) is 23.7 Å². The molecule has 1 aromatic heterocycles. The highest BCUT2D eigenvalue weighted by Crippen LogP contribution is 2.34. The fourth-order valence-corrected chi connectivity index (χ4v) is 3.35. The van der Waals surface area contributed by atoms with Gasteiger partial charge in [-0.3, -0.25) is 0 Å². The Bertz CT molecular complexity index is 1020. The molecule has 0 amide bonds. The van der Waals surface area contributed by atoms with Crippen LogP contribution in [0.5, 0.6) is 11.5 Å². The highest BCUT2D eigenvalue weighted by molar-refractivity contribution is 7.11. The first-order valence-corrected chi connectivity index (χ1v) is 8.97. The Hall–Kier alpha value is -3.01. The van der Waals surface area contributed by atoms with E-state index in [9.17, 15) is 5.26 Å². The summed E-state index contributed by atoms with van der Waals surface area (Å²) in [5, 5.41) is 15.8. The fourth-order valence-electron chi connectivity index (χ4n) is 2.43. The Morgan fingerprint density at radius 3 is 2.81 bits per heavy atom. The second kappa shape index (κ2) is 7.08. The number of nitriles is 1. The molecule has 0 bridgehead atoms. The summed E-state index contributed by atoms with van der Waals surface area (Å²) < 4.78 is 10.6. The molecule has 128 valence electrons. The van der Waals surface area contributed by atoms with Gasteiger partial charge in [0, 0.05) is 33.9 Å². The zero-order chi connectivity index (χ0) is 17.9. The smallest absolute Gasteiger partial charge is 0.231 e. The minimum absolute atomic E-state index is 0.227. The van der Waals surface area contributed by atoms with Gasteiger partial charge in [0.1, 0.15) is 16.6 Å². The lowest BCUT2D eigenvalue weighted by molar-refractivity contribution is 0.174. The van der Waals surface area contributed by atoms with Gasteiger partial charge >= 0.3 is 0 Å². The minimum Gasteiger partial charge on any atom is -0.454 e. The summed E-state index contributed by atoms with van der Waals surface area (Å²) in [5.41, 5.74) is 3.02. The van der Waals surface area contributed by atoms with Crippen molar-refractivity contribution in [2.45, 2.75) is 0 Å². The summed E-state index contributed by atoms with van der Waals surface area (Å²) in [6.45, 7) is 0.227. The predicted octanol–water partition coefficient (Wildman–Crippen LogP) is 5.17. The molecule has 0 fully saturated rings. The van der Waals surface area contributed by atoms with Gasteiger partial charge in [-0.15, -0.1) is 11.3 Å². The van der Waals surface area contributed by atoms with Crippen LogP contribution in [0.15, 0.2) is 54.0 Å². The summed E-state index contributed by atoms with van der Waals surface area (Å²) in [5.74, 6) is 1.40. The summed E-state index contributed by atoms with van der Waals surface area (Å²) >= 11 is 7.33. The van der Waals surface area contributed by atoms with E-state index in [1.807, 2.05) is 47.8 Å². The van der Waals surface area contributed by atoms with Crippen molar-refractivity contribution < 1.29 is 9.47 Å². The second-order valence-corrected chi connectivity index (χ2v) is 6.72. The van der Waals surface area contributed by atoms with E-state index in [4.69, 9.17) is 21.1 Å². The highest BCUT2D eigenvalue weighted by Gasteiger charge is 2.13. The Morgan fingerprint density at radius 2 is 2.00 bits per heavy atom. The maximum atomic E-state index is 9.47. The maximum absolute atomic E-state index is 9.47. The topological polar surface area (TPSA) is 67.2 Å². The standard InChI is InChI=1S/C19H12ClN3O2S/c20-14-3-1-12(2-4-14)16-10-26-19(23-16)13(8-21)9-22-15-5-6-17-18(7-15)25-11-24-17/h1-7,9-10,22H,11H2. The molecule has 5 nitrogen and oxygen atoms in total. The van der Waals surface area contributed by atoms with Gasteiger partial charge in [0.05, 0.1) is 5.69 Å². The molecule has 1 aliphatic rings. The Kier molecular flexibility index (Phi) is 4.48. The van der Waals surface area contributed by atoms with Crippen LogP contribution < -0.4 is 14.8 Å². The van der Waals surface area contributed by atoms with Crippen molar-refractivity contribution in [3.05, 3.63) is 64.1 Å². The van der Waals surface area contributed by atoms with Crippen LogP contribution in [0.25, 0.3) is 16.8 Å². The zero-order valence-corrected chi connectivity index (χ0v) is 15.0. The van der Waals surface area contributed by atoms with Gasteiger partial charge < -0.3 is 14.8 Å². The molecule has 1 aliphatic heterocycles. The molecule has 0 unspecified atom stereocenters. The number of allylic oxidation sites excluding steroid dienone is 1. The number of halogens is 1. The number of anilines is 1. The van der Waals surface area contributed by atoms with E-state index < -0.39 is 0 Å². The van der Waals surface area contributed by atoms with Crippen molar-refractivity contribution in [1.29, 1.82) is 5.26 Å². The van der Waals surface area contributed by atoms with E-state index >= 15 is 0 Å². The van der Waals surface area contributed by atoms with Crippen molar-refractivity contribution >= 4 is 34.2 Å². The lowest BCUT2D eigenvalue weighted by Gasteiger charge is -2.03. The Labute approximate surface area is 159 Å². The molecular weight excluding hydrogens is 370 g/mol. The maximum Gasteiger partial charge on any atom is 0.231 e. The molecule has 0 saturated heterocycles. The first-order chi connectivity index (χ1) is 12.7. The average Bonchev–Trinajstić information content (AvgIpc) is 3.32. The van der Waals surface area contributed by atoms with Crippen LogP contribution in [-0.4, -0.2) is 11.8 Å². The second-order valence-electron chi connectivity index (χ2n) is 5.43. The van der Waals surface area contributed by atoms with E-state index in [-0.39, 0.29) is 6.79 Å². The molecule has 0 spiro atoms. The van der Waals surface area contributed by atoms with Crippen LogP contribution in [0.3, 0.4) is 0 Å². The number of hydrogen-bond acceptors (Lipinski definition) is 6. The number of thiazole rings is 1. The number of aromatic nitrogens is 1. The van der Waals surface area contributed by atoms with Crippen LogP contribution in [0.1, 0.15) is 5.01 Å². The van der Waals surface area contributed by atoms with Crippen LogP contribution in [0.4, 0.5) is 5.69 Å².